The summed E-state index contributed by atoms with van der Waals surface area (Å²) in [4.78, 5) is 38.6. The number of hydrogen-bond acceptors (Lipinski definition) is 6. The van der Waals surface area contributed by atoms with Gasteiger partial charge in [0, 0.05) is 53.5 Å². The highest BCUT2D eigenvalue weighted by Crippen LogP contribution is 2.49. The van der Waals surface area contributed by atoms with E-state index in [1.165, 1.54) is 7.11 Å². The number of rotatable bonds is 6. The average molecular weight is 634 g/mol. The summed E-state index contributed by atoms with van der Waals surface area (Å²) in [5.74, 6) is 1.41. The number of ether oxygens (including phenoxy) is 3. The van der Waals surface area contributed by atoms with Gasteiger partial charge in [0.05, 0.1) is 10.7 Å². The standard InChI is InChI=1S/C28H25ClINO6/c1-35-23-13-15(12-18(30)28(23)36-14-24(34)31-17-10-8-16(29)9-11-17)25-26-19(32)4-2-6-21(26)37-22-7-3-5-20(33)27(22)25/h8-13,25H,2-7,14H2,1H3,(H,31,34). The van der Waals surface area contributed by atoms with Gasteiger partial charge in [0.1, 0.15) is 11.5 Å². The van der Waals surface area contributed by atoms with Crippen molar-refractivity contribution >= 4 is 57.4 Å². The molecule has 0 unspecified atom stereocenters. The Kier molecular flexibility index (Phi) is 7.57. The molecule has 37 heavy (non-hydrogen) atoms. The van der Waals surface area contributed by atoms with Crippen LogP contribution in [0.2, 0.25) is 5.02 Å². The highest BCUT2D eigenvalue weighted by atomic mass is 127. The Morgan fingerprint density at radius 3 is 2.24 bits per heavy atom. The van der Waals surface area contributed by atoms with Gasteiger partial charge in [-0.05, 0) is 77.4 Å². The van der Waals surface area contributed by atoms with Crippen LogP contribution < -0.4 is 14.8 Å². The van der Waals surface area contributed by atoms with Crippen molar-refractivity contribution in [1.82, 2.24) is 0 Å². The van der Waals surface area contributed by atoms with Gasteiger partial charge in [-0.2, -0.15) is 0 Å². The smallest absolute Gasteiger partial charge is 0.262 e. The summed E-state index contributed by atoms with van der Waals surface area (Å²) in [5, 5.41) is 3.34. The summed E-state index contributed by atoms with van der Waals surface area (Å²) in [7, 11) is 1.52. The van der Waals surface area contributed by atoms with E-state index >= 15 is 0 Å². The van der Waals surface area contributed by atoms with Crippen molar-refractivity contribution in [3.63, 3.8) is 0 Å². The molecule has 1 heterocycles. The van der Waals surface area contributed by atoms with Gasteiger partial charge >= 0.3 is 0 Å². The Labute approximate surface area is 233 Å². The number of amides is 1. The lowest BCUT2D eigenvalue weighted by Gasteiger charge is -2.36. The van der Waals surface area contributed by atoms with Crippen molar-refractivity contribution in [2.45, 2.75) is 44.4 Å². The predicted molar refractivity (Wildman–Crippen MR) is 147 cm³/mol. The summed E-state index contributed by atoms with van der Waals surface area (Å²) >= 11 is 8.02. The first-order valence-corrected chi connectivity index (χ1v) is 13.6. The molecule has 0 aromatic heterocycles. The maximum absolute atomic E-state index is 13.1. The lowest BCUT2D eigenvalue weighted by Crippen LogP contribution is -2.30. The zero-order valence-corrected chi connectivity index (χ0v) is 23.1. The van der Waals surface area contributed by atoms with Gasteiger partial charge in [-0.3, -0.25) is 14.4 Å². The number of carbonyl (C=O) groups excluding carboxylic acids is 3. The third kappa shape index (κ3) is 5.27. The van der Waals surface area contributed by atoms with E-state index < -0.39 is 5.92 Å². The highest BCUT2D eigenvalue weighted by molar-refractivity contribution is 14.1. The average Bonchev–Trinajstić information content (AvgIpc) is 2.88. The lowest BCUT2D eigenvalue weighted by atomic mass is 9.73. The number of allylic oxidation sites excluding steroid dienone is 4. The van der Waals surface area contributed by atoms with Gasteiger partial charge in [0.15, 0.2) is 29.7 Å². The first-order valence-electron chi connectivity index (χ1n) is 12.1. The number of ketones is 2. The van der Waals surface area contributed by atoms with Crippen LogP contribution in [0.15, 0.2) is 59.1 Å². The maximum Gasteiger partial charge on any atom is 0.262 e. The molecule has 3 aliphatic rings. The van der Waals surface area contributed by atoms with Crippen molar-refractivity contribution in [1.29, 1.82) is 0 Å². The van der Waals surface area contributed by atoms with Crippen LogP contribution in [0.1, 0.15) is 50.0 Å². The van der Waals surface area contributed by atoms with Gasteiger partial charge in [-0.25, -0.2) is 0 Å². The number of hydrogen-bond donors (Lipinski definition) is 1. The maximum atomic E-state index is 13.1. The normalized spacial score (nSPS) is 17.7. The van der Waals surface area contributed by atoms with Gasteiger partial charge in [0.2, 0.25) is 0 Å². The molecule has 1 aliphatic heterocycles. The van der Waals surface area contributed by atoms with Gasteiger partial charge in [0.25, 0.3) is 5.91 Å². The molecule has 1 amide bonds. The van der Waals surface area contributed by atoms with E-state index in [1.807, 2.05) is 6.07 Å². The minimum atomic E-state index is -0.496. The van der Waals surface area contributed by atoms with Crippen LogP contribution in [0.3, 0.4) is 0 Å². The van der Waals surface area contributed by atoms with Gasteiger partial charge < -0.3 is 19.5 Å². The Balaban J connectivity index is 1.45. The molecule has 0 bridgehead atoms. The number of nitrogens with one attached hydrogen (secondary N) is 1. The van der Waals surface area contributed by atoms with Crippen molar-refractivity contribution in [3.05, 3.63) is 73.2 Å². The van der Waals surface area contributed by atoms with E-state index in [0.717, 1.165) is 18.4 Å². The second kappa shape index (κ2) is 10.9. The van der Waals surface area contributed by atoms with Crippen LogP contribution in [0.4, 0.5) is 5.69 Å². The Bertz CT molecular complexity index is 1310. The van der Waals surface area contributed by atoms with Crippen LogP contribution in [0, 0.1) is 3.57 Å². The third-order valence-electron chi connectivity index (χ3n) is 6.70. The van der Waals surface area contributed by atoms with E-state index in [9.17, 15) is 14.4 Å². The molecule has 192 valence electrons. The molecule has 0 saturated heterocycles. The largest absolute Gasteiger partial charge is 0.493 e. The number of methoxy groups -OCH3 is 1. The molecular weight excluding hydrogens is 609 g/mol. The van der Waals surface area contributed by atoms with Crippen LogP contribution in [0.5, 0.6) is 11.5 Å². The van der Waals surface area contributed by atoms with Crippen LogP contribution in [-0.4, -0.2) is 31.2 Å². The Morgan fingerprint density at radius 2 is 1.65 bits per heavy atom. The fourth-order valence-corrected chi connectivity index (χ4v) is 5.97. The van der Waals surface area contributed by atoms with Crippen LogP contribution in [-0.2, 0) is 19.1 Å². The summed E-state index contributed by atoms with van der Waals surface area (Å²) in [5.41, 5.74) is 2.54. The third-order valence-corrected chi connectivity index (χ3v) is 7.75. The fourth-order valence-electron chi connectivity index (χ4n) is 5.07. The van der Waals surface area contributed by atoms with Crippen molar-refractivity contribution in [2.75, 3.05) is 19.0 Å². The van der Waals surface area contributed by atoms with E-state index in [4.69, 9.17) is 25.8 Å². The minimum absolute atomic E-state index is 0.0179. The van der Waals surface area contributed by atoms with Crippen molar-refractivity contribution < 1.29 is 28.6 Å². The molecular formula is C28H25ClINO6. The molecule has 2 aromatic carbocycles. The molecule has 0 radical (unpaired) electrons. The van der Waals surface area contributed by atoms with E-state index in [1.54, 1.807) is 30.3 Å². The number of anilines is 1. The second-order valence-electron chi connectivity index (χ2n) is 9.14. The fraction of sp³-hybridized carbons (Fsp3) is 0.321. The van der Waals surface area contributed by atoms with E-state index in [-0.39, 0.29) is 24.1 Å². The van der Waals surface area contributed by atoms with Crippen molar-refractivity contribution in [2.24, 2.45) is 0 Å². The molecule has 5 rings (SSSR count). The van der Waals surface area contributed by atoms with E-state index in [2.05, 4.69) is 27.9 Å². The summed E-state index contributed by atoms with van der Waals surface area (Å²) in [6.07, 6.45) is 3.72. The Hall–Kier alpha value is -2.85. The zero-order valence-electron chi connectivity index (χ0n) is 20.2. The lowest BCUT2D eigenvalue weighted by molar-refractivity contribution is -0.119. The summed E-state index contributed by atoms with van der Waals surface area (Å²) < 4.78 is 18.3. The highest BCUT2D eigenvalue weighted by Gasteiger charge is 2.42. The number of benzene rings is 2. The van der Waals surface area contributed by atoms with Crippen LogP contribution in [0.25, 0.3) is 0 Å². The van der Waals surface area contributed by atoms with Gasteiger partial charge in [-0.1, -0.05) is 11.6 Å². The predicted octanol–water partition coefficient (Wildman–Crippen LogP) is 6.10. The topological polar surface area (TPSA) is 90.9 Å². The molecule has 0 spiro atoms. The van der Waals surface area contributed by atoms with Crippen LogP contribution >= 0.6 is 34.2 Å². The molecule has 1 N–H and O–H groups in total. The number of Topliss-reactive ketones (excluding diaryl/α,β-unsaturated/α-hetero) is 2. The SMILES string of the molecule is COc1cc(C2C3=C(CCCC3=O)OC3=C2C(=O)CCC3)cc(I)c1OCC(=O)Nc1ccc(Cl)cc1. The molecule has 0 atom stereocenters. The summed E-state index contributed by atoms with van der Waals surface area (Å²) in [6, 6.07) is 10.5. The van der Waals surface area contributed by atoms with E-state index in [0.29, 0.717) is 74.1 Å². The first kappa shape index (κ1) is 25.8. The molecule has 2 aromatic rings. The molecule has 0 fully saturated rings. The summed E-state index contributed by atoms with van der Waals surface area (Å²) in [6.45, 7) is -0.229. The van der Waals surface area contributed by atoms with Gasteiger partial charge in [-0.15, -0.1) is 0 Å². The monoisotopic (exact) mass is 633 g/mol. The first-order chi connectivity index (χ1) is 17.9. The minimum Gasteiger partial charge on any atom is -0.493 e. The van der Waals surface area contributed by atoms with Crippen molar-refractivity contribution in [3.8, 4) is 11.5 Å². The molecule has 9 heteroatoms. The quantitative estimate of drug-likeness (QED) is 0.387. The second-order valence-corrected chi connectivity index (χ2v) is 10.7. The molecule has 2 aliphatic carbocycles. The number of halogens is 2. The zero-order chi connectivity index (χ0) is 26.1. The Morgan fingerprint density at radius 1 is 1.03 bits per heavy atom. The number of carbonyl (C=O) groups is 3. The molecule has 7 nitrogen and oxygen atoms in total. The molecule has 0 saturated carbocycles.